The summed E-state index contributed by atoms with van der Waals surface area (Å²) in [5, 5.41) is 3.34. The SMILES string of the molecule is CN=C(NCc1ccc(S(=O)(=O)N2CCCC2)cc1)N(C)Cc1cccn1C.I. The molecule has 0 bridgehead atoms. The van der Waals surface area contributed by atoms with Crippen LogP contribution in [-0.2, 0) is 30.2 Å². The van der Waals surface area contributed by atoms with Crippen molar-refractivity contribution in [1.82, 2.24) is 19.1 Å². The fraction of sp³-hybridized carbons (Fsp3) is 0.450. The van der Waals surface area contributed by atoms with Gasteiger partial charge in [-0.3, -0.25) is 4.99 Å². The Balaban J connectivity index is 0.00000300. The molecule has 3 rings (SSSR count). The topological polar surface area (TPSA) is 69.9 Å². The Labute approximate surface area is 190 Å². The summed E-state index contributed by atoms with van der Waals surface area (Å²) in [4.78, 5) is 6.76. The van der Waals surface area contributed by atoms with Crippen molar-refractivity contribution in [2.45, 2.75) is 30.8 Å². The molecule has 2 heterocycles. The maximum atomic E-state index is 12.6. The smallest absolute Gasteiger partial charge is 0.243 e. The number of nitrogens with zero attached hydrogens (tertiary/aromatic N) is 4. The van der Waals surface area contributed by atoms with E-state index in [9.17, 15) is 8.42 Å². The van der Waals surface area contributed by atoms with Gasteiger partial charge >= 0.3 is 0 Å². The van der Waals surface area contributed by atoms with E-state index >= 15 is 0 Å². The summed E-state index contributed by atoms with van der Waals surface area (Å²) >= 11 is 0. The van der Waals surface area contributed by atoms with Crippen LogP contribution in [0.25, 0.3) is 0 Å². The third-order valence-electron chi connectivity index (χ3n) is 5.10. The number of nitrogens with one attached hydrogen (secondary N) is 1. The van der Waals surface area contributed by atoms with Gasteiger partial charge in [-0.1, -0.05) is 12.1 Å². The average molecular weight is 531 g/mol. The molecule has 1 fully saturated rings. The van der Waals surface area contributed by atoms with Crippen molar-refractivity contribution < 1.29 is 8.42 Å². The van der Waals surface area contributed by atoms with Crippen LogP contribution >= 0.6 is 24.0 Å². The van der Waals surface area contributed by atoms with Gasteiger partial charge in [-0.05, 0) is 42.7 Å². The van der Waals surface area contributed by atoms with E-state index in [4.69, 9.17) is 0 Å². The third kappa shape index (κ3) is 5.73. The summed E-state index contributed by atoms with van der Waals surface area (Å²) in [5.41, 5.74) is 2.20. The van der Waals surface area contributed by atoms with Gasteiger partial charge in [-0.2, -0.15) is 4.31 Å². The Kier molecular flexibility index (Phi) is 8.53. The van der Waals surface area contributed by atoms with Gasteiger partial charge < -0.3 is 14.8 Å². The standard InChI is InChI=1S/C20H29N5O2S.HI/c1-21-20(24(3)16-18-7-6-12-23(18)2)22-15-17-8-10-19(11-9-17)28(26,27)25-13-4-5-14-25;/h6-12H,4-5,13-16H2,1-3H3,(H,21,22);1H. The van der Waals surface area contributed by atoms with Crippen LogP contribution in [0.3, 0.4) is 0 Å². The molecule has 1 N–H and O–H groups in total. The summed E-state index contributed by atoms with van der Waals surface area (Å²) in [6.45, 7) is 2.56. The highest BCUT2D eigenvalue weighted by molar-refractivity contribution is 14.0. The third-order valence-corrected chi connectivity index (χ3v) is 7.01. The molecule has 0 saturated carbocycles. The van der Waals surface area contributed by atoms with E-state index in [0.717, 1.165) is 30.9 Å². The highest BCUT2D eigenvalue weighted by Gasteiger charge is 2.26. The second-order valence-corrected chi connectivity index (χ2v) is 9.06. The molecule has 0 amide bonds. The summed E-state index contributed by atoms with van der Waals surface area (Å²) in [7, 11) is 2.42. The van der Waals surface area contributed by atoms with E-state index in [1.54, 1.807) is 23.5 Å². The molecule has 0 aliphatic carbocycles. The van der Waals surface area contributed by atoms with Crippen molar-refractivity contribution in [3.63, 3.8) is 0 Å². The number of aromatic nitrogens is 1. The maximum Gasteiger partial charge on any atom is 0.243 e. The molecule has 1 aliphatic heterocycles. The van der Waals surface area contributed by atoms with Crippen LogP contribution in [0.1, 0.15) is 24.1 Å². The van der Waals surface area contributed by atoms with Gasteiger partial charge in [0.15, 0.2) is 5.96 Å². The highest BCUT2D eigenvalue weighted by atomic mass is 127. The fourth-order valence-corrected chi connectivity index (χ4v) is 4.92. The minimum absolute atomic E-state index is 0. The molecule has 1 saturated heterocycles. The monoisotopic (exact) mass is 531 g/mol. The van der Waals surface area contributed by atoms with Crippen LogP contribution < -0.4 is 5.32 Å². The minimum atomic E-state index is -3.36. The van der Waals surface area contributed by atoms with E-state index in [1.165, 1.54) is 5.69 Å². The molecule has 160 valence electrons. The Morgan fingerprint density at radius 2 is 1.83 bits per heavy atom. The zero-order chi connectivity index (χ0) is 20.1. The number of hydrogen-bond donors (Lipinski definition) is 1. The zero-order valence-corrected chi connectivity index (χ0v) is 20.4. The van der Waals surface area contributed by atoms with E-state index in [1.807, 2.05) is 38.5 Å². The first-order chi connectivity index (χ1) is 13.4. The van der Waals surface area contributed by atoms with Crippen LogP contribution in [0.4, 0.5) is 0 Å². The Hall–Kier alpha value is -1.59. The first-order valence-corrected chi connectivity index (χ1v) is 11.0. The molecule has 9 heteroatoms. The van der Waals surface area contributed by atoms with Crippen LogP contribution in [0.15, 0.2) is 52.5 Å². The highest BCUT2D eigenvalue weighted by Crippen LogP contribution is 2.21. The van der Waals surface area contributed by atoms with Gasteiger partial charge in [-0.25, -0.2) is 8.42 Å². The molecular weight excluding hydrogens is 501 g/mol. The number of aliphatic imine (C=N–C) groups is 1. The van der Waals surface area contributed by atoms with Crippen molar-refractivity contribution in [2.24, 2.45) is 12.0 Å². The number of benzene rings is 1. The molecule has 7 nitrogen and oxygen atoms in total. The molecular formula is C20H30IN5O2S. The molecule has 2 aromatic rings. The van der Waals surface area contributed by atoms with Gasteiger partial charge in [0.2, 0.25) is 10.0 Å². The van der Waals surface area contributed by atoms with Crippen molar-refractivity contribution >= 4 is 40.0 Å². The molecule has 1 aliphatic rings. The lowest BCUT2D eigenvalue weighted by Crippen LogP contribution is -2.38. The summed E-state index contributed by atoms with van der Waals surface area (Å²) in [5.74, 6) is 0.787. The van der Waals surface area contributed by atoms with Gasteiger partial charge in [0.25, 0.3) is 0 Å². The lowest BCUT2D eigenvalue weighted by Gasteiger charge is -2.22. The summed E-state index contributed by atoms with van der Waals surface area (Å²) in [6.07, 6.45) is 3.91. The Bertz CT molecular complexity index is 919. The van der Waals surface area contributed by atoms with Crippen molar-refractivity contribution in [1.29, 1.82) is 0 Å². The number of halogens is 1. The van der Waals surface area contributed by atoms with Crippen LogP contribution in [0, 0.1) is 0 Å². The van der Waals surface area contributed by atoms with Crippen LogP contribution in [-0.4, -0.2) is 55.3 Å². The van der Waals surface area contributed by atoms with Crippen molar-refractivity contribution in [3.05, 3.63) is 53.9 Å². The quantitative estimate of drug-likeness (QED) is 0.354. The van der Waals surface area contributed by atoms with E-state index in [0.29, 0.717) is 24.5 Å². The zero-order valence-electron chi connectivity index (χ0n) is 17.2. The van der Waals surface area contributed by atoms with Crippen molar-refractivity contribution in [3.8, 4) is 0 Å². The van der Waals surface area contributed by atoms with Crippen molar-refractivity contribution in [2.75, 3.05) is 27.2 Å². The van der Waals surface area contributed by atoms with E-state index in [2.05, 4.69) is 25.8 Å². The van der Waals surface area contributed by atoms with Gasteiger partial charge in [0.1, 0.15) is 0 Å². The molecule has 0 unspecified atom stereocenters. The normalized spacial score (nSPS) is 15.2. The van der Waals surface area contributed by atoms with Gasteiger partial charge in [-0.15, -0.1) is 24.0 Å². The Morgan fingerprint density at radius 1 is 1.17 bits per heavy atom. The number of rotatable bonds is 6. The molecule has 1 aromatic heterocycles. The number of aryl methyl sites for hydroxylation is 1. The predicted octanol–water partition coefficient (Wildman–Crippen LogP) is 2.64. The van der Waals surface area contributed by atoms with Crippen LogP contribution in [0.5, 0.6) is 0 Å². The average Bonchev–Trinajstić information content (AvgIpc) is 3.36. The molecule has 0 atom stereocenters. The molecule has 1 aromatic carbocycles. The number of hydrogen-bond acceptors (Lipinski definition) is 3. The predicted molar refractivity (Wildman–Crippen MR) is 127 cm³/mol. The largest absolute Gasteiger partial charge is 0.353 e. The van der Waals surface area contributed by atoms with Gasteiger partial charge in [0, 0.05) is 52.7 Å². The minimum Gasteiger partial charge on any atom is -0.353 e. The van der Waals surface area contributed by atoms with Crippen LogP contribution in [0.2, 0.25) is 0 Å². The second-order valence-electron chi connectivity index (χ2n) is 7.12. The number of guanidine groups is 1. The lowest BCUT2D eigenvalue weighted by atomic mass is 10.2. The lowest BCUT2D eigenvalue weighted by molar-refractivity contribution is 0.461. The molecule has 0 radical (unpaired) electrons. The Morgan fingerprint density at radius 3 is 2.38 bits per heavy atom. The molecule has 0 spiro atoms. The van der Waals surface area contributed by atoms with E-state index in [-0.39, 0.29) is 24.0 Å². The summed E-state index contributed by atoms with van der Waals surface area (Å²) in [6, 6.07) is 11.2. The second kappa shape index (κ2) is 10.4. The summed E-state index contributed by atoms with van der Waals surface area (Å²) < 4.78 is 28.9. The number of sulfonamides is 1. The first kappa shape index (κ1) is 23.7. The first-order valence-electron chi connectivity index (χ1n) is 9.53. The molecule has 29 heavy (non-hydrogen) atoms. The fourth-order valence-electron chi connectivity index (χ4n) is 3.40. The van der Waals surface area contributed by atoms with E-state index < -0.39 is 10.0 Å². The maximum absolute atomic E-state index is 12.6. The van der Waals surface area contributed by atoms with Gasteiger partial charge in [0.05, 0.1) is 11.4 Å².